The Morgan fingerprint density at radius 2 is 1.78 bits per heavy atom. The van der Waals surface area contributed by atoms with E-state index in [9.17, 15) is 4.79 Å². The molecule has 0 aliphatic heterocycles. The van der Waals surface area contributed by atoms with Gasteiger partial charge in [0.2, 0.25) is 0 Å². The van der Waals surface area contributed by atoms with Crippen LogP contribution >= 0.6 is 0 Å². The van der Waals surface area contributed by atoms with Gasteiger partial charge in [0, 0.05) is 12.0 Å². The third-order valence-electron chi connectivity index (χ3n) is 3.26. The van der Waals surface area contributed by atoms with Crippen molar-refractivity contribution in [1.29, 1.82) is 0 Å². The Morgan fingerprint density at radius 1 is 1.11 bits per heavy atom. The second-order valence-electron chi connectivity index (χ2n) is 5.53. The highest BCUT2D eigenvalue weighted by atomic mass is 16.1. The number of Topliss-reactive ketones (excluding diaryl/α,β-unsaturated/α-hetero) is 1. The number of carbonyl (C=O) groups is 1. The molecule has 0 spiro atoms. The van der Waals surface area contributed by atoms with Crippen molar-refractivity contribution < 1.29 is 4.79 Å². The van der Waals surface area contributed by atoms with Crippen molar-refractivity contribution in [3.8, 4) is 0 Å². The molecule has 0 aliphatic rings. The van der Waals surface area contributed by atoms with E-state index in [1.54, 1.807) is 0 Å². The second kappa shape index (κ2) is 4.91. The zero-order valence-electron chi connectivity index (χ0n) is 10.9. The van der Waals surface area contributed by atoms with Crippen LogP contribution in [0.5, 0.6) is 0 Å². The van der Waals surface area contributed by atoms with Crippen molar-refractivity contribution in [2.45, 2.75) is 20.3 Å². The Bertz CT molecular complexity index is 572. The molecule has 2 rings (SSSR count). The molecule has 0 radical (unpaired) electrons. The highest BCUT2D eigenvalue weighted by molar-refractivity contribution is 6.00. The van der Waals surface area contributed by atoms with E-state index in [0.29, 0.717) is 13.0 Å². The first-order chi connectivity index (χ1) is 8.52. The Balaban J connectivity index is 2.28. The molecule has 0 fully saturated rings. The van der Waals surface area contributed by atoms with Crippen molar-refractivity contribution in [2.24, 2.45) is 11.1 Å². The molecule has 0 aliphatic carbocycles. The van der Waals surface area contributed by atoms with E-state index in [-0.39, 0.29) is 11.2 Å². The fourth-order valence-corrected chi connectivity index (χ4v) is 1.97. The molecule has 2 nitrogen and oxygen atoms in total. The van der Waals surface area contributed by atoms with E-state index in [2.05, 4.69) is 0 Å². The minimum atomic E-state index is -0.136. The largest absolute Gasteiger partial charge is 0.330 e. The molecule has 0 saturated heterocycles. The maximum Gasteiger partial charge on any atom is 0.163 e. The first-order valence-corrected chi connectivity index (χ1v) is 6.24. The van der Waals surface area contributed by atoms with E-state index < -0.39 is 0 Å². The Labute approximate surface area is 108 Å². The summed E-state index contributed by atoms with van der Waals surface area (Å²) in [6.07, 6.45) is 0.488. The van der Waals surface area contributed by atoms with Gasteiger partial charge in [0.05, 0.1) is 0 Å². The number of hydrogen-bond donors (Lipinski definition) is 1. The van der Waals surface area contributed by atoms with Crippen LogP contribution in [0.3, 0.4) is 0 Å². The highest BCUT2D eigenvalue weighted by Crippen LogP contribution is 2.23. The summed E-state index contributed by atoms with van der Waals surface area (Å²) < 4.78 is 0. The van der Waals surface area contributed by atoms with Crippen LogP contribution in [0.15, 0.2) is 42.5 Å². The van der Waals surface area contributed by atoms with Gasteiger partial charge >= 0.3 is 0 Å². The molecule has 0 saturated carbocycles. The van der Waals surface area contributed by atoms with Crippen LogP contribution in [0.1, 0.15) is 30.6 Å². The Kier molecular flexibility index (Phi) is 3.48. The highest BCUT2D eigenvalue weighted by Gasteiger charge is 2.21. The topological polar surface area (TPSA) is 43.1 Å². The standard InChI is InChI=1S/C16H19NO/c1-16(2,11-17)10-15(18)14-8-7-12-5-3-4-6-13(12)9-14/h3-9H,10-11,17H2,1-2H3. The maximum absolute atomic E-state index is 12.2. The molecule has 18 heavy (non-hydrogen) atoms. The van der Waals surface area contributed by atoms with Gasteiger partial charge in [-0.15, -0.1) is 0 Å². The third kappa shape index (κ3) is 2.77. The smallest absolute Gasteiger partial charge is 0.163 e. The summed E-state index contributed by atoms with van der Waals surface area (Å²) in [5.41, 5.74) is 6.31. The number of benzene rings is 2. The Hall–Kier alpha value is -1.67. The number of carbonyl (C=O) groups excluding carboxylic acids is 1. The van der Waals surface area contributed by atoms with Crippen LogP contribution in [0.25, 0.3) is 10.8 Å². The van der Waals surface area contributed by atoms with E-state index >= 15 is 0 Å². The molecule has 2 heteroatoms. The van der Waals surface area contributed by atoms with E-state index in [4.69, 9.17) is 5.73 Å². The summed E-state index contributed by atoms with van der Waals surface area (Å²) in [5, 5.41) is 2.26. The zero-order valence-corrected chi connectivity index (χ0v) is 10.9. The van der Waals surface area contributed by atoms with Gasteiger partial charge < -0.3 is 5.73 Å². The van der Waals surface area contributed by atoms with Gasteiger partial charge in [0.25, 0.3) is 0 Å². The number of nitrogens with two attached hydrogens (primary N) is 1. The van der Waals surface area contributed by atoms with Crippen LogP contribution in [0.4, 0.5) is 0 Å². The summed E-state index contributed by atoms with van der Waals surface area (Å²) >= 11 is 0. The van der Waals surface area contributed by atoms with Crippen molar-refractivity contribution in [3.05, 3.63) is 48.0 Å². The zero-order chi connectivity index (χ0) is 13.2. The molecule has 0 heterocycles. The molecule has 0 aromatic heterocycles. The van der Waals surface area contributed by atoms with Crippen LogP contribution < -0.4 is 5.73 Å². The van der Waals surface area contributed by atoms with E-state index in [1.165, 1.54) is 0 Å². The van der Waals surface area contributed by atoms with Crippen molar-refractivity contribution in [1.82, 2.24) is 0 Å². The second-order valence-corrected chi connectivity index (χ2v) is 5.53. The lowest BCUT2D eigenvalue weighted by atomic mass is 9.85. The normalized spacial score (nSPS) is 11.7. The van der Waals surface area contributed by atoms with Gasteiger partial charge in [-0.3, -0.25) is 4.79 Å². The Morgan fingerprint density at radius 3 is 2.44 bits per heavy atom. The average molecular weight is 241 g/mol. The molecule has 0 unspecified atom stereocenters. The summed E-state index contributed by atoms with van der Waals surface area (Å²) in [5.74, 6) is 0.163. The first kappa shape index (κ1) is 12.8. The molecule has 0 bridgehead atoms. The van der Waals surface area contributed by atoms with Crippen molar-refractivity contribution in [3.63, 3.8) is 0 Å². The number of ketones is 1. The molecule has 2 aromatic carbocycles. The number of rotatable bonds is 4. The van der Waals surface area contributed by atoms with Crippen LogP contribution in [0.2, 0.25) is 0 Å². The van der Waals surface area contributed by atoms with Gasteiger partial charge in [0.15, 0.2) is 5.78 Å². The molecule has 0 atom stereocenters. The minimum absolute atomic E-state index is 0.136. The SMILES string of the molecule is CC(C)(CN)CC(=O)c1ccc2ccccc2c1. The minimum Gasteiger partial charge on any atom is -0.330 e. The van der Waals surface area contributed by atoms with Crippen molar-refractivity contribution in [2.75, 3.05) is 6.54 Å². The summed E-state index contributed by atoms with van der Waals surface area (Å²) in [6.45, 7) is 4.56. The molecule has 2 N–H and O–H groups in total. The van der Waals surface area contributed by atoms with Gasteiger partial charge in [-0.2, -0.15) is 0 Å². The fourth-order valence-electron chi connectivity index (χ4n) is 1.97. The number of hydrogen-bond acceptors (Lipinski definition) is 2. The average Bonchev–Trinajstić information content (AvgIpc) is 2.37. The van der Waals surface area contributed by atoms with E-state index in [1.807, 2.05) is 56.3 Å². The quantitative estimate of drug-likeness (QED) is 0.834. The van der Waals surface area contributed by atoms with Crippen LogP contribution in [-0.4, -0.2) is 12.3 Å². The molecule has 0 amide bonds. The van der Waals surface area contributed by atoms with Gasteiger partial charge in [-0.25, -0.2) is 0 Å². The van der Waals surface area contributed by atoms with E-state index in [0.717, 1.165) is 16.3 Å². The molecular weight excluding hydrogens is 222 g/mol. The number of fused-ring (bicyclic) bond motifs is 1. The summed E-state index contributed by atoms with van der Waals surface area (Å²) in [7, 11) is 0. The first-order valence-electron chi connectivity index (χ1n) is 6.24. The van der Waals surface area contributed by atoms with Gasteiger partial charge in [-0.1, -0.05) is 50.2 Å². The lowest BCUT2D eigenvalue weighted by Crippen LogP contribution is -2.26. The summed E-state index contributed by atoms with van der Waals surface area (Å²) in [4.78, 5) is 12.2. The fraction of sp³-hybridized carbons (Fsp3) is 0.312. The molecule has 94 valence electrons. The predicted molar refractivity (Wildman–Crippen MR) is 75.7 cm³/mol. The lowest BCUT2D eigenvalue weighted by Gasteiger charge is -2.21. The summed E-state index contributed by atoms with van der Waals surface area (Å²) in [6, 6.07) is 13.9. The maximum atomic E-state index is 12.2. The molecular formula is C16H19NO. The van der Waals surface area contributed by atoms with Crippen LogP contribution in [-0.2, 0) is 0 Å². The lowest BCUT2D eigenvalue weighted by molar-refractivity contribution is 0.0935. The van der Waals surface area contributed by atoms with Gasteiger partial charge in [-0.05, 0) is 28.8 Å². The monoisotopic (exact) mass is 241 g/mol. The van der Waals surface area contributed by atoms with Gasteiger partial charge in [0.1, 0.15) is 0 Å². The predicted octanol–water partition coefficient (Wildman–Crippen LogP) is 3.40. The van der Waals surface area contributed by atoms with Crippen LogP contribution in [0, 0.1) is 5.41 Å². The molecule has 2 aromatic rings. The van der Waals surface area contributed by atoms with Crippen molar-refractivity contribution >= 4 is 16.6 Å². The third-order valence-corrected chi connectivity index (χ3v) is 3.26.